The molecule has 4 aromatic rings. The number of hydrogen-bond acceptors (Lipinski definition) is 6. The van der Waals surface area contributed by atoms with E-state index in [1.165, 1.54) is 10.9 Å². The summed E-state index contributed by atoms with van der Waals surface area (Å²) in [7, 11) is 3.98. The Morgan fingerprint density at radius 2 is 1.62 bits per heavy atom. The summed E-state index contributed by atoms with van der Waals surface area (Å²) in [5.41, 5.74) is 3.28. The number of nitrogens with one attached hydrogen (secondary N) is 4. The quantitative estimate of drug-likeness (QED) is 0.222. The molecule has 0 bridgehead atoms. The van der Waals surface area contributed by atoms with Gasteiger partial charge < -0.3 is 25.8 Å². The Kier molecular flexibility index (Phi) is 8.78. The van der Waals surface area contributed by atoms with Gasteiger partial charge in [-0.3, -0.25) is 9.59 Å². The van der Waals surface area contributed by atoms with Crippen molar-refractivity contribution in [3.8, 4) is 0 Å². The number of aromatic nitrogens is 3. The highest BCUT2D eigenvalue weighted by Crippen LogP contribution is 2.26. The van der Waals surface area contributed by atoms with Gasteiger partial charge in [-0.05, 0) is 62.3 Å². The molecule has 210 valence electrons. The molecular weight excluding hydrogens is 502 g/mol. The highest BCUT2D eigenvalue weighted by atomic mass is 16.2. The maximum Gasteiger partial charge on any atom is 0.225 e. The zero-order chi connectivity index (χ0) is 27.9. The van der Waals surface area contributed by atoms with Gasteiger partial charge in [0.15, 0.2) is 0 Å². The molecule has 1 saturated carbocycles. The second-order valence-corrected chi connectivity index (χ2v) is 10.9. The van der Waals surface area contributed by atoms with Gasteiger partial charge in [-0.15, -0.1) is 0 Å². The highest BCUT2D eigenvalue weighted by molar-refractivity contribution is 5.90. The third-order valence-electron chi connectivity index (χ3n) is 7.63. The number of fused-ring (bicyclic) bond motifs is 2. The Labute approximate surface area is 235 Å². The fraction of sp³-hybridized carbons (Fsp3) is 0.419. The summed E-state index contributed by atoms with van der Waals surface area (Å²) in [4.78, 5) is 39.5. The molecule has 0 spiro atoms. The van der Waals surface area contributed by atoms with Crippen molar-refractivity contribution < 1.29 is 9.59 Å². The van der Waals surface area contributed by atoms with Gasteiger partial charge in [0.25, 0.3) is 0 Å². The number of carbonyl (C=O) groups excluding carboxylic acids is 2. The first-order chi connectivity index (χ1) is 19.5. The average molecular weight is 542 g/mol. The van der Waals surface area contributed by atoms with Crippen molar-refractivity contribution >= 4 is 45.4 Å². The Morgan fingerprint density at radius 3 is 2.42 bits per heavy atom. The highest BCUT2D eigenvalue weighted by Gasteiger charge is 2.23. The molecule has 1 aliphatic carbocycles. The predicted octanol–water partition coefficient (Wildman–Crippen LogP) is 4.55. The van der Waals surface area contributed by atoms with Crippen molar-refractivity contribution in [2.75, 3.05) is 30.9 Å². The number of carbonyl (C=O) groups is 2. The minimum Gasteiger partial charge on any atom is -0.362 e. The van der Waals surface area contributed by atoms with E-state index in [4.69, 9.17) is 9.97 Å². The van der Waals surface area contributed by atoms with Crippen molar-refractivity contribution in [2.45, 2.75) is 63.5 Å². The van der Waals surface area contributed by atoms with E-state index in [0.717, 1.165) is 60.8 Å². The molecule has 5 rings (SSSR count). The number of nitrogens with zero attached hydrogens (tertiary/aromatic N) is 3. The lowest BCUT2D eigenvalue weighted by Crippen LogP contribution is -2.41. The third kappa shape index (κ3) is 6.89. The fourth-order valence-electron chi connectivity index (χ4n) is 5.51. The summed E-state index contributed by atoms with van der Waals surface area (Å²) in [6.45, 7) is 0.363. The minimum atomic E-state index is -0.0102. The van der Waals surface area contributed by atoms with Gasteiger partial charge in [-0.1, -0.05) is 30.3 Å². The second-order valence-electron chi connectivity index (χ2n) is 10.9. The Hall–Kier alpha value is -4.14. The molecule has 40 heavy (non-hydrogen) atoms. The molecule has 0 atom stereocenters. The summed E-state index contributed by atoms with van der Waals surface area (Å²) in [6.07, 6.45) is 8.07. The van der Waals surface area contributed by atoms with Crippen LogP contribution in [-0.4, -0.2) is 59.5 Å². The van der Waals surface area contributed by atoms with Gasteiger partial charge in [0.1, 0.15) is 5.82 Å². The smallest absolute Gasteiger partial charge is 0.225 e. The Balaban J connectivity index is 0.987. The maximum absolute atomic E-state index is 12.5. The number of benzene rings is 2. The van der Waals surface area contributed by atoms with Crippen LogP contribution >= 0.6 is 0 Å². The Morgan fingerprint density at radius 1 is 0.900 bits per heavy atom. The summed E-state index contributed by atoms with van der Waals surface area (Å²) >= 11 is 0. The first-order valence-corrected chi connectivity index (χ1v) is 14.3. The lowest BCUT2D eigenvalue weighted by atomic mass is 9.91. The van der Waals surface area contributed by atoms with Crippen LogP contribution in [0.5, 0.6) is 0 Å². The summed E-state index contributed by atoms with van der Waals surface area (Å²) in [5, 5.41) is 11.8. The van der Waals surface area contributed by atoms with Crippen molar-refractivity contribution in [3.63, 3.8) is 0 Å². The van der Waals surface area contributed by atoms with E-state index in [9.17, 15) is 9.59 Å². The number of hydrogen-bond donors (Lipinski definition) is 4. The van der Waals surface area contributed by atoms with E-state index in [2.05, 4.69) is 33.1 Å². The van der Waals surface area contributed by atoms with Crippen molar-refractivity contribution in [3.05, 3.63) is 60.3 Å². The van der Waals surface area contributed by atoms with Gasteiger partial charge in [-0.2, -0.15) is 4.98 Å². The van der Waals surface area contributed by atoms with E-state index in [-0.39, 0.29) is 23.9 Å². The largest absolute Gasteiger partial charge is 0.362 e. The first kappa shape index (κ1) is 27.4. The van der Waals surface area contributed by atoms with Crippen LogP contribution in [0.15, 0.2) is 54.7 Å². The van der Waals surface area contributed by atoms with Crippen LogP contribution < -0.4 is 20.9 Å². The van der Waals surface area contributed by atoms with E-state index in [1.807, 2.05) is 61.6 Å². The molecular formula is C31H39N7O2. The van der Waals surface area contributed by atoms with Crippen LogP contribution in [0.2, 0.25) is 0 Å². The van der Waals surface area contributed by atoms with Gasteiger partial charge in [0.05, 0.1) is 5.52 Å². The predicted molar refractivity (Wildman–Crippen MR) is 161 cm³/mol. The number of H-pyrrole nitrogens is 1. The number of aryl methyl sites for hydroxylation is 1. The molecule has 1 aliphatic rings. The average Bonchev–Trinajstić information content (AvgIpc) is 3.36. The summed E-state index contributed by atoms with van der Waals surface area (Å²) in [5.74, 6) is 1.53. The SMILES string of the molecule is CN(C)c1nc(N[C@H]2CC[C@@H](NC(=O)CCNC(=O)CCCc3c[nH]c4ccccc34)CC2)nc2ccccc12. The van der Waals surface area contributed by atoms with Crippen LogP contribution in [-0.2, 0) is 16.0 Å². The lowest BCUT2D eigenvalue weighted by molar-refractivity contribution is -0.122. The van der Waals surface area contributed by atoms with Crippen LogP contribution in [0.4, 0.5) is 11.8 Å². The zero-order valence-electron chi connectivity index (χ0n) is 23.4. The zero-order valence-corrected chi connectivity index (χ0v) is 23.4. The molecule has 2 aromatic heterocycles. The number of aromatic amines is 1. The normalized spacial score (nSPS) is 17.1. The van der Waals surface area contributed by atoms with E-state index in [1.54, 1.807) is 0 Å². The van der Waals surface area contributed by atoms with Crippen molar-refractivity contribution in [1.29, 1.82) is 0 Å². The number of rotatable bonds is 11. The van der Waals surface area contributed by atoms with Gasteiger partial charge in [0, 0.05) is 68.1 Å². The molecule has 0 radical (unpaired) electrons. The van der Waals surface area contributed by atoms with Gasteiger partial charge in [0.2, 0.25) is 17.8 Å². The lowest BCUT2D eigenvalue weighted by Gasteiger charge is -2.30. The van der Waals surface area contributed by atoms with Crippen LogP contribution in [0.1, 0.15) is 50.5 Å². The number of anilines is 2. The number of amides is 2. The second kappa shape index (κ2) is 12.8. The maximum atomic E-state index is 12.5. The molecule has 2 aromatic carbocycles. The molecule has 2 heterocycles. The van der Waals surface area contributed by atoms with Crippen LogP contribution in [0.25, 0.3) is 21.8 Å². The standard InChI is InChI=1S/C31H39N7O2/c1-38(2)30-25-10-4-6-12-27(25)36-31(37-30)35-23-16-14-22(15-17-23)34-29(40)18-19-32-28(39)13-7-8-21-20-33-26-11-5-3-9-24(21)26/h3-6,9-12,20,22-23,33H,7-8,13-19H2,1-2H3,(H,32,39)(H,34,40)(H,35,36,37)/t22-,23+. The molecule has 4 N–H and O–H groups in total. The molecule has 0 aliphatic heterocycles. The third-order valence-corrected chi connectivity index (χ3v) is 7.63. The van der Waals surface area contributed by atoms with Gasteiger partial charge in [-0.25, -0.2) is 4.98 Å². The molecule has 2 amide bonds. The Bertz CT molecular complexity index is 1460. The monoisotopic (exact) mass is 541 g/mol. The molecule has 0 unspecified atom stereocenters. The van der Waals surface area contributed by atoms with Gasteiger partial charge >= 0.3 is 0 Å². The minimum absolute atomic E-state index is 0.00689. The molecule has 9 nitrogen and oxygen atoms in total. The molecule has 0 saturated heterocycles. The van der Waals surface area contributed by atoms with Crippen molar-refractivity contribution in [1.82, 2.24) is 25.6 Å². The summed E-state index contributed by atoms with van der Waals surface area (Å²) in [6, 6.07) is 16.7. The van der Waals surface area contributed by atoms with E-state index < -0.39 is 0 Å². The first-order valence-electron chi connectivity index (χ1n) is 14.3. The molecule has 9 heteroatoms. The van der Waals surface area contributed by atoms with E-state index >= 15 is 0 Å². The van der Waals surface area contributed by atoms with E-state index in [0.29, 0.717) is 25.3 Å². The van der Waals surface area contributed by atoms with Crippen LogP contribution in [0, 0.1) is 0 Å². The number of para-hydroxylation sites is 2. The fourth-order valence-corrected chi connectivity index (χ4v) is 5.51. The summed E-state index contributed by atoms with van der Waals surface area (Å²) < 4.78 is 0. The van der Waals surface area contributed by atoms with Crippen molar-refractivity contribution in [2.24, 2.45) is 0 Å². The topological polar surface area (TPSA) is 115 Å². The van der Waals surface area contributed by atoms with Crippen LogP contribution in [0.3, 0.4) is 0 Å². The molecule has 1 fully saturated rings.